The predicted molar refractivity (Wildman–Crippen MR) is 114 cm³/mol. The molecule has 28 heavy (non-hydrogen) atoms. The zero-order valence-corrected chi connectivity index (χ0v) is 16.8. The van der Waals surface area contributed by atoms with Gasteiger partial charge in [0.2, 0.25) is 5.95 Å². The second-order valence-electron chi connectivity index (χ2n) is 7.88. The van der Waals surface area contributed by atoms with Crippen LogP contribution in [0.25, 0.3) is 11.3 Å². The van der Waals surface area contributed by atoms with Crippen molar-refractivity contribution < 1.29 is 4.74 Å². The molecule has 6 heteroatoms. The van der Waals surface area contributed by atoms with Gasteiger partial charge in [0.25, 0.3) is 0 Å². The largest absolute Gasteiger partial charge is 0.379 e. The zero-order chi connectivity index (χ0) is 19.2. The first-order valence-electron chi connectivity index (χ1n) is 10.5. The second-order valence-corrected chi connectivity index (χ2v) is 7.88. The van der Waals surface area contributed by atoms with Gasteiger partial charge in [0, 0.05) is 50.9 Å². The van der Waals surface area contributed by atoms with Crippen molar-refractivity contribution in [1.29, 1.82) is 0 Å². The van der Waals surface area contributed by atoms with Crippen molar-refractivity contribution in [2.75, 3.05) is 62.7 Å². The van der Waals surface area contributed by atoms with Crippen LogP contribution in [0.5, 0.6) is 0 Å². The Morgan fingerprint density at radius 2 is 1.93 bits per heavy atom. The minimum atomic E-state index is 0.690. The van der Waals surface area contributed by atoms with E-state index in [0.717, 1.165) is 75.5 Å². The maximum absolute atomic E-state index is 5.43. The van der Waals surface area contributed by atoms with Gasteiger partial charge in [0.15, 0.2) is 0 Å². The lowest BCUT2D eigenvalue weighted by molar-refractivity contribution is 0.0398. The van der Waals surface area contributed by atoms with Crippen molar-refractivity contribution in [3.63, 3.8) is 0 Å². The van der Waals surface area contributed by atoms with E-state index < -0.39 is 0 Å². The van der Waals surface area contributed by atoms with Gasteiger partial charge < -0.3 is 15.0 Å². The summed E-state index contributed by atoms with van der Waals surface area (Å²) in [6.07, 6.45) is 2.50. The van der Waals surface area contributed by atoms with Crippen molar-refractivity contribution >= 4 is 11.8 Å². The summed E-state index contributed by atoms with van der Waals surface area (Å²) in [5.41, 5.74) is 2.12. The fraction of sp³-hybridized carbons (Fsp3) is 0.545. The molecule has 1 aromatic heterocycles. The zero-order valence-electron chi connectivity index (χ0n) is 16.8. The molecule has 2 fully saturated rings. The lowest BCUT2D eigenvalue weighted by Crippen LogP contribution is -2.39. The average Bonchev–Trinajstić information content (AvgIpc) is 2.75. The molecule has 0 amide bonds. The van der Waals surface area contributed by atoms with E-state index in [4.69, 9.17) is 14.7 Å². The van der Waals surface area contributed by atoms with E-state index >= 15 is 0 Å². The predicted octanol–water partition coefficient (Wildman–Crippen LogP) is 3.12. The summed E-state index contributed by atoms with van der Waals surface area (Å²) in [7, 11) is 0. The monoisotopic (exact) mass is 381 g/mol. The van der Waals surface area contributed by atoms with Gasteiger partial charge in [-0.1, -0.05) is 37.3 Å². The molecule has 3 heterocycles. The Balaban J connectivity index is 1.51. The van der Waals surface area contributed by atoms with Gasteiger partial charge in [0.1, 0.15) is 5.82 Å². The van der Waals surface area contributed by atoms with Crippen LogP contribution in [0.15, 0.2) is 36.4 Å². The first-order valence-corrected chi connectivity index (χ1v) is 10.5. The van der Waals surface area contributed by atoms with Crippen molar-refractivity contribution in [1.82, 2.24) is 14.9 Å². The Morgan fingerprint density at radius 3 is 2.71 bits per heavy atom. The van der Waals surface area contributed by atoms with Gasteiger partial charge in [-0.05, 0) is 18.8 Å². The summed E-state index contributed by atoms with van der Waals surface area (Å²) in [6, 6.07) is 12.5. The molecule has 2 aliphatic heterocycles. The maximum atomic E-state index is 5.43. The molecule has 1 unspecified atom stereocenters. The third kappa shape index (κ3) is 5.00. The van der Waals surface area contributed by atoms with Gasteiger partial charge in [-0.25, -0.2) is 4.98 Å². The number of piperidine rings is 1. The molecule has 0 saturated carbocycles. The van der Waals surface area contributed by atoms with Crippen LogP contribution in [0.3, 0.4) is 0 Å². The van der Waals surface area contributed by atoms with Gasteiger partial charge in [-0.2, -0.15) is 4.98 Å². The molecule has 2 aromatic rings. The van der Waals surface area contributed by atoms with Crippen LogP contribution in [0, 0.1) is 5.92 Å². The van der Waals surface area contributed by atoms with Gasteiger partial charge >= 0.3 is 0 Å². The first kappa shape index (κ1) is 19.2. The molecule has 1 aromatic carbocycles. The molecule has 1 N–H and O–H groups in total. The Morgan fingerprint density at radius 1 is 1.11 bits per heavy atom. The molecule has 6 nitrogen and oxygen atoms in total. The summed E-state index contributed by atoms with van der Waals surface area (Å²) in [6.45, 7) is 9.96. The van der Waals surface area contributed by atoms with Crippen LogP contribution in [0.4, 0.5) is 11.8 Å². The summed E-state index contributed by atoms with van der Waals surface area (Å²) in [4.78, 5) is 14.5. The highest BCUT2D eigenvalue weighted by Gasteiger charge is 2.20. The molecule has 0 radical (unpaired) electrons. The van der Waals surface area contributed by atoms with E-state index in [1.807, 2.05) is 6.07 Å². The Hall–Kier alpha value is -2.18. The number of hydrogen-bond acceptors (Lipinski definition) is 6. The second kappa shape index (κ2) is 9.34. The molecular formula is C22H31N5O. The third-order valence-corrected chi connectivity index (χ3v) is 5.56. The number of hydrogen-bond donors (Lipinski definition) is 1. The van der Waals surface area contributed by atoms with E-state index in [2.05, 4.69) is 52.4 Å². The molecule has 4 rings (SSSR count). The van der Waals surface area contributed by atoms with Crippen LogP contribution in [0.1, 0.15) is 19.8 Å². The van der Waals surface area contributed by atoms with Crippen molar-refractivity contribution in [3.8, 4) is 11.3 Å². The van der Waals surface area contributed by atoms with Crippen LogP contribution in [0.2, 0.25) is 0 Å². The third-order valence-electron chi connectivity index (χ3n) is 5.56. The standard InChI is InChI=1S/C22H31N5O/c1-18-6-5-10-27(17-18)22-24-20(19-7-3-2-4-8-19)16-21(25-22)23-9-11-26-12-14-28-15-13-26/h2-4,7-8,16,18H,5-6,9-15,17H2,1H3,(H,23,24,25). The summed E-state index contributed by atoms with van der Waals surface area (Å²) >= 11 is 0. The number of ether oxygens (including phenoxy) is 1. The van der Waals surface area contributed by atoms with E-state index in [9.17, 15) is 0 Å². The van der Waals surface area contributed by atoms with Gasteiger partial charge in [0.05, 0.1) is 18.9 Å². The molecule has 2 aliphatic rings. The number of nitrogens with zero attached hydrogens (tertiary/aromatic N) is 4. The number of nitrogens with one attached hydrogen (secondary N) is 1. The van der Waals surface area contributed by atoms with Crippen LogP contribution < -0.4 is 10.2 Å². The van der Waals surface area contributed by atoms with Gasteiger partial charge in [-0.3, -0.25) is 4.90 Å². The normalized spacial score (nSPS) is 20.9. The molecule has 0 spiro atoms. The minimum Gasteiger partial charge on any atom is -0.379 e. The average molecular weight is 382 g/mol. The highest BCUT2D eigenvalue weighted by molar-refractivity contribution is 5.64. The highest BCUT2D eigenvalue weighted by Crippen LogP contribution is 2.25. The number of anilines is 2. The summed E-state index contributed by atoms with van der Waals surface area (Å²) in [5, 5.41) is 3.53. The Labute approximate surface area is 167 Å². The van der Waals surface area contributed by atoms with Crippen molar-refractivity contribution in [2.45, 2.75) is 19.8 Å². The van der Waals surface area contributed by atoms with Gasteiger partial charge in [-0.15, -0.1) is 0 Å². The van der Waals surface area contributed by atoms with E-state index in [1.165, 1.54) is 12.8 Å². The van der Waals surface area contributed by atoms with E-state index in [1.54, 1.807) is 0 Å². The maximum Gasteiger partial charge on any atom is 0.227 e. The SMILES string of the molecule is CC1CCCN(c2nc(NCCN3CCOCC3)cc(-c3ccccc3)n2)C1. The summed E-state index contributed by atoms with van der Waals surface area (Å²) in [5.74, 6) is 2.45. The van der Waals surface area contributed by atoms with Crippen LogP contribution >= 0.6 is 0 Å². The van der Waals surface area contributed by atoms with Crippen molar-refractivity contribution in [2.24, 2.45) is 5.92 Å². The van der Waals surface area contributed by atoms with Crippen LogP contribution in [-0.2, 0) is 4.74 Å². The smallest absolute Gasteiger partial charge is 0.227 e. The molecule has 0 aliphatic carbocycles. The fourth-order valence-corrected chi connectivity index (χ4v) is 3.96. The molecule has 150 valence electrons. The number of morpholine rings is 1. The minimum absolute atomic E-state index is 0.690. The molecular weight excluding hydrogens is 350 g/mol. The molecule has 0 bridgehead atoms. The lowest BCUT2D eigenvalue weighted by Gasteiger charge is -2.31. The number of benzene rings is 1. The van der Waals surface area contributed by atoms with Crippen LogP contribution in [-0.4, -0.2) is 67.4 Å². The number of rotatable bonds is 6. The lowest BCUT2D eigenvalue weighted by atomic mass is 10.0. The highest BCUT2D eigenvalue weighted by atomic mass is 16.5. The van der Waals surface area contributed by atoms with E-state index in [-0.39, 0.29) is 0 Å². The Kier molecular flexibility index (Phi) is 6.39. The first-order chi connectivity index (χ1) is 13.8. The molecule has 1 atom stereocenters. The topological polar surface area (TPSA) is 53.5 Å². The quantitative estimate of drug-likeness (QED) is 0.830. The number of aromatic nitrogens is 2. The summed E-state index contributed by atoms with van der Waals surface area (Å²) < 4.78 is 5.43. The van der Waals surface area contributed by atoms with Crippen molar-refractivity contribution in [3.05, 3.63) is 36.4 Å². The Bertz CT molecular complexity index is 748. The van der Waals surface area contributed by atoms with E-state index in [0.29, 0.717) is 5.92 Å². The fourth-order valence-electron chi connectivity index (χ4n) is 3.96. The molecule has 2 saturated heterocycles.